The minimum absolute atomic E-state index is 0.0333. The van der Waals surface area contributed by atoms with Gasteiger partial charge >= 0.3 is 11.7 Å². The van der Waals surface area contributed by atoms with Crippen molar-refractivity contribution in [1.82, 2.24) is 14.6 Å². The second-order valence-corrected chi connectivity index (χ2v) is 7.67. The van der Waals surface area contributed by atoms with Gasteiger partial charge in [-0.05, 0) is 33.8 Å². The van der Waals surface area contributed by atoms with Gasteiger partial charge in [0.25, 0.3) is 8.18 Å². The SMILES string of the molecule is CC(C)OC(=O)[C@H](C)N[PH](=O)OC[C@@H](O[C@H](CF)n1ccc(N)nc1=O)[C@H](C)O. The van der Waals surface area contributed by atoms with Crippen LogP contribution in [0.3, 0.4) is 0 Å². The van der Waals surface area contributed by atoms with Gasteiger partial charge in [0.2, 0.25) is 0 Å². The summed E-state index contributed by atoms with van der Waals surface area (Å²) >= 11 is 0. The van der Waals surface area contributed by atoms with Gasteiger partial charge in [-0.1, -0.05) is 0 Å². The summed E-state index contributed by atoms with van der Waals surface area (Å²) in [6.07, 6.45) is -2.77. The van der Waals surface area contributed by atoms with Crippen molar-refractivity contribution >= 4 is 20.0 Å². The number of halogens is 1. The Hall–Kier alpha value is -1.85. The van der Waals surface area contributed by atoms with Crippen molar-refractivity contribution in [2.45, 2.75) is 58.3 Å². The second-order valence-electron chi connectivity index (χ2n) is 6.52. The highest BCUT2D eigenvalue weighted by atomic mass is 31.1. The Morgan fingerprint density at radius 1 is 1.41 bits per heavy atom. The molecule has 166 valence electrons. The first kappa shape index (κ1) is 25.2. The van der Waals surface area contributed by atoms with Crippen molar-refractivity contribution in [3.05, 3.63) is 22.7 Å². The summed E-state index contributed by atoms with van der Waals surface area (Å²) in [4.78, 5) is 27.1. The summed E-state index contributed by atoms with van der Waals surface area (Å²) in [7, 11) is -2.90. The summed E-state index contributed by atoms with van der Waals surface area (Å²) in [5.41, 5.74) is 4.57. The van der Waals surface area contributed by atoms with Crippen LogP contribution in [-0.4, -0.2) is 58.3 Å². The molecule has 0 spiro atoms. The van der Waals surface area contributed by atoms with Crippen LogP contribution >= 0.6 is 8.18 Å². The number of esters is 1. The fourth-order valence-corrected chi connectivity index (χ4v) is 2.96. The highest BCUT2D eigenvalue weighted by molar-refractivity contribution is 7.36. The molecular weight excluding hydrogens is 410 g/mol. The third-order valence-electron chi connectivity index (χ3n) is 3.58. The van der Waals surface area contributed by atoms with Gasteiger partial charge in [0.15, 0.2) is 6.23 Å². The first-order valence-electron chi connectivity index (χ1n) is 8.93. The number of aliphatic hydroxyl groups excluding tert-OH is 1. The van der Waals surface area contributed by atoms with E-state index in [1.54, 1.807) is 13.8 Å². The topological polar surface area (TPSA) is 155 Å². The number of aromatic nitrogens is 2. The van der Waals surface area contributed by atoms with Crippen LogP contribution in [0.5, 0.6) is 0 Å². The highest BCUT2D eigenvalue weighted by Gasteiger charge is 2.25. The fraction of sp³-hybridized carbons (Fsp3) is 0.688. The molecule has 0 saturated carbocycles. The van der Waals surface area contributed by atoms with E-state index < -0.39 is 51.0 Å². The van der Waals surface area contributed by atoms with Crippen molar-refractivity contribution in [3.8, 4) is 0 Å². The molecule has 0 aliphatic heterocycles. The van der Waals surface area contributed by atoms with E-state index in [0.29, 0.717) is 0 Å². The van der Waals surface area contributed by atoms with Gasteiger partial charge in [-0.2, -0.15) is 4.98 Å². The van der Waals surface area contributed by atoms with Crippen LogP contribution < -0.4 is 16.5 Å². The number of aliphatic hydroxyl groups is 1. The van der Waals surface area contributed by atoms with Crippen LogP contribution in [0.1, 0.15) is 33.9 Å². The molecule has 0 radical (unpaired) electrons. The number of ether oxygens (including phenoxy) is 2. The second kappa shape index (κ2) is 12.0. The summed E-state index contributed by atoms with van der Waals surface area (Å²) in [6, 6.07) is 0.412. The first-order chi connectivity index (χ1) is 13.5. The Morgan fingerprint density at radius 2 is 2.07 bits per heavy atom. The van der Waals surface area contributed by atoms with Crippen LogP contribution in [0.25, 0.3) is 0 Å². The third-order valence-corrected chi connectivity index (χ3v) is 4.68. The van der Waals surface area contributed by atoms with Gasteiger partial charge in [0.1, 0.15) is 24.6 Å². The number of nitrogens with zero attached hydrogens (tertiary/aromatic N) is 2. The molecular formula is C16H28FN4O7P. The number of rotatable bonds is 12. The fourth-order valence-electron chi connectivity index (χ4n) is 2.08. The molecule has 1 aromatic rings. The molecule has 0 saturated heterocycles. The maximum absolute atomic E-state index is 13.4. The molecule has 29 heavy (non-hydrogen) atoms. The van der Waals surface area contributed by atoms with Gasteiger partial charge in [-0.25, -0.2) is 14.3 Å². The largest absolute Gasteiger partial charge is 0.462 e. The molecule has 0 fully saturated rings. The number of alkyl halides is 1. The number of anilines is 1. The maximum Gasteiger partial charge on any atom is 0.351 e. The normalized spacial score (nSPS) is 16.8. The van der Waals surface area contributed by atoms with Crippen molar-refractivity contribution in [2.24, 2.45) is 0 Å². The maximum atomic E-state index is 13.4. The van der Waals surface area contributed by atoms with Gasteiger partial charge in [-0.3, -0.25) is 13.9 Å². The van der Waals surface area contributed by atoms with Gasteiger partial charge in [-0.15, -0.1) is 0 Å². The van der Waals surface area contributed by atoms with E-state index in [9.17, 15) is 23.7 Å². The van der Waals surface area contributed by atoms with Crippen LogP contribution in [0.4, 0.5) is 10.2 Å². The van der Waals surface area contributed by atoms with Gasteiger partial charge < -0.3 is 24.8 Å². The Kier molecular flexibility index (Phi) is 10.4. The molecule has 4 N–H and O–H groups in total. The summed E-state index contributed by atoms with van der Waals surface area (Å²) < 4.78 is 41.9. The third kappa shape index (κ3) is 8.58. The predicted molar refractivity (Wildman–Crippen MR) is 103 cm³/mol. The van der Waals surface area contributed by atoms with Crippen LogP contribution in [0, 0.1) is 0 Å². The molecule has 1 heterocycles. The van der Waals surface area contributed by atoms with E-state index in [1.807, 2.05) is 0 Å². The predicted octanol–water partition coefficient (Wildman–Crippen LogP) is 0.396. The lowest BCUT2D eigenvalue weighted by molar-refractivity contribution is -0.149. The summed E-state index contributed by atoms with van der Waals surface area (Å²) in [5, 5.41) is 12.3. The molecule has 1 aromatic heterocycles. The van der Waals surface area contributed by atoms with E-state index in [1.165, 1.54) is 26.1 Å². The van der Waals surface area contributed by atoms with Crippen molar-refractivity contribution in [2.75, 3.05) is 19.0 Å². The average molecular weight is 438 g/mol. The molecule has 1 rings (SSSR count). The quantitative estimate of drug-likeness (QED) is 0.308. The van der Waals surface area contributed by atoms with E-state index in [-0.39, 0.29) is 18.5 Å². The van der Waals surface area contributed by atoms with Crippen molar-refractivity contribution < 1.29 is 32.9 Å². The number of carbonyl (C=O) groups is 1. The molecule has 11 nitrogen and oxygen atoms in total. The van der Waals surface area contributed by atoms with Crippen LogP contribution in [-0.2, 0) is 23.4 Å². The molecule has 0 bridgehead atoms. The van der Waals surface area contributed by atoms with Crippen molar-refractivity contribution in [1.29, 1.82) is 0 Å². The monoisotopic (exact) mass is 438 g/mol. The van der Waals surface area contributed by atoms with Gasteiger partial charge in [0, 0.05) is 6.20 Å². The Balaban J connectivity index is 2.69. The van der Waals surface area contributed by atoms with Crippen LogP contribution in [0.15, 0.2) is 17.1 Å². The smallest absolute Gasteiger partial charge is 0.351 e. The molecule has 0 aliphatic carbocycles. The number of hydrogen-bond acceptors (Lipinski definition) is 9. The van der Waals surface area contributed by atoms with E-state index in [4.69, 9.17) is 19.7 Å². The Bertz CT molecular complexity index is 746. The Morgan fingerprint density at radius 3 is 2.59 bits per heavy atom. The number of nitrogen functional groups attached to an aromatic ring is 1. The van der Waals surface area contributed by atoms with Crippen LogP contribution in [0.2, 0.25) is 0 Å². The zero-order valence-corrected chi connectivity index (χ0v) is 17.7. The van der Waals surface area contributed by atoms with E-state index in [0.717, 1.165) is 4.57 Å². The molecule has 0 aromatic carbocycles. The number of nitrogens with one attached hydrogen (secondary N) is 1. The highest BCUT2D eigenvalue weighted by Crippen LogP contribution is 2.21. The van der Waals surface area contributed by atoms with Crippen molar-refractivity contribution in [3.63, 3.8) is 0 Å². The minimum Gasteiger partial charge on any atom is -0.462 e. The summed E-state index contributed by atoms with van der Waals surface area (Å²) in [5.74, 6) is -0.632. The molecule has 1 unspecified atom stereocenters. The average Bonchev–Trinajstić information content (AvgIpc) is 2.61. The molecule has 5 atom stereocenters. The van der Waals surface area contributed by atoms with Gasteiger partial charge in [0.05, 0.1) is 18.8 Å². The van der Waals surface area contributed by atoms with E-state index >= 15 is 0 Å². The molecule has 13 heteroatoms. The lowest BCUT2D eigenvalue weighted by Crippen LogP contribution is -2.38. The minimum atomic E-state index is -2.90. The lowest BCUT2D eigenvalue weighted by atomic mass is 10.2. The summed E-state index contributed by atoms with van der Waals surface area (Å²) in [6.45, 7) is 4.69. The number of carbonyl (C=O) groups excluding carboxylic acids is 1. The number of hydrogen-bond donors (Lipinski definition) is 3. The number of nitrogens with two attached hydrogens (primary N) is 1. The molecule has 0 aliphatic rings. The molecule has 0 amide bonds. The lowest BCUT2D eigenvalue weighted by Gasteiger charge is -2.26. The standard InChI is InChI=1S/C16H28FN4O7P/c1-9(2)27-15(23)10(3)20-29(25)26-8-12(11(4)22)28-14(7-17)21-6-5-13(18)19-16(21)24/h5-6,9-12,14,22,29H,7-8H2,1-4H3,(H,20,25)(H2,18,19,24)/t10-,11-,12+,14+/m0/s1. The Labute approximate surface area is 168 Å². The first-order valence-corrected chi connectivity index (χ1v) is 10.2. The zero-order chi connectivity index (χ0) is 22.1. The van der Waals surface area contributed by atoms with E-state index in [2.05, 4.69) is 10.1 Å². The zero-order valence-electron chi connectivity index (χ0n) is 16.7.